The summed E-state index contributed by atoms with van der Waals surface area (Å²) in [6, 6.07) is 3.02. The number of aliphatic hydroxyl groups is 2. The van der Waals surface area contributed by atoms with Crippen molar-refractivity contribution < 1.29 is 38.8 Å². The van der Waals surface area contributed by atoms with Crippen LogP contribution in [0.4, 0.5) is 0 Å². The van der Waals surface area contributed by atoms with E-state index < -0.39 is 35.8 Å². The molecule has 12 nitrogen and oxygen atoms in total. The molecule has 3 aromatic rings. The van der Waals surface area contributed by atoms with Crippen molar-refractivity contribution in [1.82, 2.24) is 9.59 Å². The molecule has 3 N–H and O–H groups in total. The van der Waals surface area contributed by atoms with E-state index in [9.17, 15) is 20.1 Å². The average Bonchev–Trinajstić information content (AvgIpc) is 3.24. The number of halogens is 1. The standard InChI is InChI=1S/C23H26ClN3O9S/c1-9-13(34-22-17(30)16(29)19(32-5)23(3,4)36-22)7-6-11-15(28)14(21(31)35-18(9)11)10(2)26-33-8-12-20(24)37-27-25-12/h6-7,16-17,19,22,28-30H,8H2,1-5H3/t16-,17-,19-,22-/m1/s1. The van der Waals surface area contributed by atoms with Gasteiger partial charge in [0.2, 0.25) is 6.29 Å². The largest absolute Gasteiger partial charge is 0.506 e. The minimum absolute atomic E-state index is 0.0673. The van der Waals surface area contributed by atoms with Crippen molar-refractivity contribution in [2.75, 3.05) is 7.11 Å². The van der Waals surface area contributed by atoms with Crippen LogP contribution < -0.4 is 10.4 Å². The molecule has 1 saturated heterocycles. The summed E-state index contributed by atoms with van der Waals surface area (Å²) in [7, 11) is 1.41. The molecule has 0 spiro atoms. The third kappa shape index (κ3) is 5.15. The normalized spacial score (nSPS) is 23.8. The van der Waals surface area contributed by atoms with E-state index in [4.69, 9.17) is 35.1 Å². The first-order valence-corrected chi connectivity index (χ1v) is 12.3. The summed E-state index contributed by atoms with van der Waals surface area (Å²) >= 11 is 6.93. The van der Waals surface area contributed by atoms with Gasteiger partial charge < -0.3 is 38.8 Å². The Labute approximate surface area is 220 Å². The lowest BCUT2D eigenvalue weighted by molar-refractivity contribution is -0.306. The predicted molar refractivity (Wildman–Crippen MR) is 133 cm³/mol. The fraction of sp³-hybridized carbons (Fsp3) is 0.478. The van der Waals surface area contributed by atoms with Gasteiger partial charge in [-0.1, -0.05) is 21.2 Å². The van der Waals surface area contributed by atoms with Gasteiger partial charge in [-0.3, -0.25) is 0 Å². The number of aliphatic hydroxyl groups excluding tert-OH is 2. The fourth-order valence-corrected chi connectivity index (χ4v) is 4.76. The van der Waals surface area contributed by atoms with Crippen LogP contribution in [0, 0.1) is 6.92 Å². The Morgan fingerprint density at radius 3 is 2.68 bits per heavy atom. The van der Waals surface area contributed by atoms with Crippen molar-refractivity contribution in [3.8, 4) is 11.5 Å². The van der Waals surface area contributed by atoms with E-state index in [-0.39, 0.29) is 40.4 Å². The molecular weight excluding hydrogens is 530 g/mol. The third-order valence-electron chi connectivity index (χ3n) is 6.06. The lowest BCUT2D eigenvalue weighted by Gasteiger charge is -2.46. The molecule has 14 heteroatoms. The fourth-order valence-electron chi connectivity index (χ4n) is 4.16. The Balaban J connectivity index is 1.61. The molecule has 1 aliphatic heterocycles. The van der Waals surface area contributed by atoms with Crippen LogP contribution in [-0.2, 0) is 20.9 Å². The molecule has 2 aromatic heterocycles. The van der Waals surface area contributed by atoms with Gasteiger partial charge in [0.1, 0.15) is 51.0 Å². The summed E-state index contributed by atoms with van der Waals surface area (Å²) < 4.78 is 26.5. The number of nitrogens with zero attached hydrogens (tertiary/aromatic N) is 3. The molecule has 0 unspecified atom stereocenters. The number of ether oxygens (including phenoxy) is 3. The van der Waals surface area contributed by atoms with Crippen LogP contribution in [0.3, 0.4) is 0 Å². The van der Waals surface area contributed by atoms with Crippen molar-refractivity contribution in [1.29, 1.82) is 0 Å². The molecule has 0 saturated carbocycles. The van der Waals surface area contributed by atoms with E-state index in [1.807, 2.05) is 0 Å². The van der Waals surface area contributed by atoms with Crippen molar-refractivity contribution in [2.24, 2.45) is 5.16 Å². The summed E-state index contributed by atoms with van der Waals surface area (Å²) in [6.45, 7) is 6.43. The number of hydrogen-bond donors (Lipinski definition) is 3. The Morgan fingerprint density at radius 1 is 1.30 bits per heavy atom. The Hall–Kier alpha value is -2.81. The number of fused-ring (bicyclic) bond motifs is 1. The van der Waals surface area contributed by atoms with Crippen LogP contribution >= 0.6 is 23.1 Å². The number of oxime groups is 1. The number of methoxy groups -OCH3 is 1. The van der Waals surface area contributed by atoms with E-state index in [2.05, 4.69) is 14.7 Å². The van der Waals surface area contributed by atoms with Gasteiger partial charge in [0.15, 0.2) is 6.61 Å². The predicted octanol–water partition coefficient (Wildman–Crippen LogP) is 2.50. The van der Waals surface area contributed by atoms with E-state index >= 15 is 0 Å². The van der Waals surface area contributed by atoms with Gasteiger partial charge in [-0.2, -0.15) is 0 Å². The van der Waals surface area contributed by atoms with Gasteiger partial charge in [-0.15, -0.1) is 5.10 Å². The molecule has 1 aromatic carbocycles. The second-order valence-electron chi connectivity index (χ2n) is 8.97. The van der Waals surface area contributed by atoms with Crippen LogP contribution in [0.15, 0.2) is 26.5 Å². The number of benzene rings is 1. The zero-order chi connectivity index (χ0) is 27.1. The minimum atomic E-state index is -1.41. The first-order chi connectivity index (χ1) is 17.5. The van der Waals surface area contributed by atoms with Crippen molar-refractivity contribution in [3.63, 3.8) is 0 Å². The smallest absolute Gasteiger partial charge is 0.349 e. The highest BCUT2D eigenvalue weighted by Gasteiger charge is 2.50. The highest BCUT2D eigenvalue weighted by molar-refractivity contribution is 7.10. The van der Waals surface area contributed by atoms with Crippen LogP contribution in [-0.4, -0.2) is 67.9 Å². The number of rotatable bonds is 7. The lowest BCUT2D eigenvalue weighted by atomic mass is 9.89. The maximum atomic E-state index is 12.8. The second-order valence-corrected chi connectivity index (χ2v) is 10.3. The molecule has 0 bridgehead atoms. The zero-order valence-corrected chi connectivity index (χ0v) is 22.2. The minimum Gasteiger partial charge on any atom is -0.506 e. The Kier molecular flexibility index (Phi) is 7.74. The Bertz CT molecular complexity index is 1390. The molecule has 4 atom stereocenters. The Morgan fingerprint density at radius 2 is 2.03 bits per heavy atom. The quantitative estimate of drug-likeness (QED) is 0.223. The highest BCUT2D eigenvalue weighted by Crippen LogP contribution is 2.37. The maximum absolute atomic E-state index is 12.8. The molecule has 4 rings (SSSR count). The summed E-state index contributed by atoms with van der Waals surface area (Å²) in [5, 5.41) is 39.8. The van der Waals surface area contributed by atoms with Crippen molar-refractivity contribution >= 4 is 39.8 Å². The van der Waals surface area contributed by atoms with Gasteiger partial charge in [0.25, 0.3) is 0 Å². The van der Waals surface area contributed by atoms with Gasteiger partial charge in [-0.25, -0.2) is 4.79 Å². The van der Waals surface area contributed by atoms with Gasteiger partial charge in [-0.05, 0) is 39.8 Å². The number of aromatic nitrogens is 2. The average molecular weight is 556 g/mol. The topological polar surface area (TPSA) is 166 Å². The molecule has 1 fully saturated rings. The molecular formula is C23H26ClN3O9S. The zero-order valence-electron chi connectivity index (χ0n) is 20.6. The summed E-state index contributed by atoms with van der Waals surface area (Å²) in [5.74, 6) is -0.138. The molecule has 3 heterocycles. The first kappa shape index (κ1) is 27.2. The number of hydrogen-bond acceptors (Lipinski definition) is 13. The van der Waals surface area contributed by atoms with Crippen LogP contribution in [0.1, 0.15) is 37.6 Å². The maximum Gasteiger partial charge on any atom is 0.349 e. The molecule has 0 radical (unpaired) electrons. The van der Waals surface area contributed by atoms with Crippen molar-refractivity contribution in [2.45, 2.75) is 64.5 Å². The van der Waals surface area contributed by atoms with E-state index in [1.165, 1.54) is 26.2 Å². The molecule has 0 amide bonds. The summed E-state index contributed by atoms with van der Waals surface area (Å²) in [4.78, 5) is 18.0. The van der Waals surface area contributed by atoms with E-state index in [0.717, 1.165) is 11.5 Å². The molecule has 37 heavy (non-hydrogen) atoms. The van der Waals surface area contributed by atoms with Crippen LogP contribution in [0.25, 0.3) is 11.0 Å². The van der Waals surface area contributed by atoms with Gasteiger partial charge >= 0.3 is 5.63 Å². The van der Waals surface area contributed by atoms with Crippen LogP contribution in [0.5, 0.6) is 11.5 Å². The van der Waals surface area contributed by atoms with Gasteiger partial charge in [0.05, 0.1) is 16.7 Å². The summed E-state index contributed by atoms with van der Waals surface area (Å²) in [5.41, 5.74) is -1.10. The first-order valence-electron chi connectivity index (χ1n) is 11.1. The molecule has 200 valence electrons. The molecule has 1 aliphatic rings. The van der Waals surface area contributed by atoms with E-state index in [0.29, 0.717) is 15.6 Å². The van der Waals surface area contributed by atoms with E-state index in [1.54, 1.807) is 20.8 Å². The molecule has 0 aliphatic carbocycles. The SMILES string of the molecule is CO[C@@H]1[C@H](O)[C@@H](O)[C@H](Oc2ccc3c(O)c(C(C)=NOCc4nnsc4Cl)c(=O)oc3c2C)OC1(C)C. The third-order valence-corrected chi connectivity index (χ3v) is 7.05. The van der Waals surface area contributed by atoms with Crippen molar-refractivity contribution in [3.05, 3.63) is 43.7 Å². The van der Waals surface area contributed by atoms with Crippen LogP contribution in [0.2, 0.25) is 4.34 Å². The monoisotopic (exact) mass is 555 g/mol. The second kappa shape index (κ2) is 10.5. The van der Waals surface area contributed by atoms with Gasteiger partial charge in [0, 0.05) is 24.2 Å². The highest BCUT2D eigenvalue weighted by atomic mass is 35.5. The summed E-state index contributed by atoms with van der Waals surface area (Å²) in [6.07, 6.45) is -4.70. The number of aromatic hydroxyl groups is 1. The lowest BCUT2D eigenvalue weighted by Crippen LogP contribution is -2.63. The number of aryl methyl sites for hydroxylation is 1.